The van der Waals surface area contributed by atoms with Gasteiger partial charge in [0.2, 0.25) is 11.8 Å². The summed E-state index contributed by atoms with van der Waals surface area (Å²) in [7, 11) is 1.40. The summed E-state index contributed by atoms with van der Waals surface area (Å²) in [5.41, 5.74) is 0.244. The monoisotopic (exact) mass is 472 g/mol. The number of hydrogen-bond acceptors (Lipinski definition) is 4. The number of carbonyl (C=O) groups is 3. The first-order valence-corrected chi connectivity index (χ1v) is 6.73. The van der Waals surface area contributed by atoms with Gasteiger partial charge in [-0.2, -0.15) is 0 Å². The molecule has 0 radical (unpaired) electrons. The van der Waals surface area contributed by atoms with Gasteiger partial charge >= 0.3 is 21.1 Å². The van der Waals surface area contributed by atoms with Crippen LogP contribution in [0.4, 0.5) is 0 Å². The molecule has 1 unspecified atom stereocenters. The van der Waals surface area contributed by atoms with Crippen molar-refractivity contribution in [2.24, 2.45) is 0 Å². The minimum Gasteiger partial charge on any atom is -0.684 e. The summed E-state index contributed by atoms with van der Waals surface area (Å²) in [5.74, 6) is -0.761. The average molecular weight is 472 g/mol. The SMILES string of the molecule is CCOc1[c-]c(C(=O)[N-]C2CCC(=O)N(C)C2=O)ccc1.[W+2]. The summed E-state index contributed by atoms with van der Waals surface area (Å²) >= 11 is 0. The summed E-state index contributed by atoms with van der Waals surface area (Å²) in [6.07, 6.45) is 0.477. The van der Waals surface area contributed by atoms with Gasteiger partial charge < -0.3 is 14.8 Å². The number of likely N-dealkylation sites (tertiary alicyclic amines) is 1. The largest absolute Gasteiger partial charge is 2.00 e. The van der Waals surface area contributed by atoms with Crippen molar-refractivity contribution in [3.63, 3.8) is 0 Å². The van der Waals surface area contributed by atoms with Crippen molar-refractivity contribution in [1.82, 2.24) is 4.90 Å². The summed E-state index contributed by atoms with van der Waals surface area (Å²) < 4.78 is 5.27. The molecule has 1 aromatic carbocycles. The number of carbonyl (C=O) groups excluding carboxylic acids is 3. The van der Waals surface area contributed by atoms with Crippen LogP contribution < -0.4 is 4.74 Å². The molecule has 0 bridgehead atoms. The van der Waals surface area contributed by atoms with Gasteiger partial charge in [0.05, 0.1) is 6.61 Å². The summed E-state index contributed by atoms with van der Waals surface area (Å²) in [6.45, 7) is 2.31. The zero-order valence-electron chi connectivity index (χ0n) is 12.4. The molecule has 1 aliphatic rings. The van der Waals surface area contributed by atoms with Crippen molar-refractivity contribution in [3.8, 4) is 5.75 Å². The zero-order chi connectivity index (χ0) is 15.4. The van der Waals surface area contributed by atoms with Gasteiger partial charge in [0.25, 0.3) is 0 Å². The van der Waals surface area contributed by atoms with Crippen LogP contribution in [0.15, 0.2) is 18.2 Å². The van der Waals surface area contributed by atoms with Gasteiger partial charge in [0.1, 0.15) is 0 Å². The van der Waals surface area contributed by atoms with Crippen molar-refractivity contribution in [3.05, 3.63) is 35.1 Å². The predicted octanol–water partition coefficient (Wildman–Crippen LogP) is 1.54. The van der Waals surface area contributed by atoms with E-state index < -0.39 is 17.9 Å². The second-order valence-electron chi connectivity index (χ2n) is 4.64. The molecule has 0 spiro atoms. The van der Waals surface area contributed by atoms with Crippen LogP contribution in [0.25, 0.3) is 5.32 Å². The van der Waals surface area contributed by atoms with Crippen LogP contribution in [0.5, 0.6) is 5.75 Å². The average Bonchev–Trinajstić information content (AvgIpc) is 2.48. The van der Waals surface area contributed by atoms with Crippen LogP contribution in [0.1, 0.15) is 30.1 Å². The van der Waals surface area contributed by atoms with Gasteiger partial charge in [-0.25, -0.2) is 0 Å². The fourth-order valence-electron chi connectivity index (χ4n) is 2.04. The Hall–Kier alpha value is -1.68. The minimum atomic E-state index is -0.802. The van der Waals surface area contributed by atoms with E-state index in [0.29, 0.717) is 12.4 Å². The quantitative estimate of drug-likeness (QED) is 0.493. The zero-order valence-corrected chi connectivity index (χ0v) is 15.3. The van der Waals surface area contributed by atoms with Crippen molar-refractivity contribution in [2.75, 3.05) is 13.7 Å². The normalized spacial score (nSPS) is 17.7. The predicted molar refractivity (Wildman–Crippen MR) is 74.9 cm³/mol. The van der Waals surface area contributed by atoms with Crippen LogP contribution >= 0.6 is 0 Å². The number of rotatable bonds is 4. The standard InChI is InChI=1S/C15H17N2O4.W/c1-3-21-11-6-4-5-10(9-11)14(19)16-12-7-8-13(18)17(2)15(12)20;/h4-6,12H,3,7-8H2,1-2H3,(H,16,19);/q-1;+2/p-1. The number of imide groups is 1. The number of nitrogens with zero attached hydrogens (tertiary/aromatic N) is 2. The van der Waals surface area contributed by atoms with Gasteiger partial charge in [-0.15, -0.1) is 23.8 Å². The first-order chi connectivity index (χ1) is 10.0. The third-order valence-electron chi connectivity index (χ3n) is 3.19. The molecule has 6 nitrogen and oxygen atoms in total. The number of likely N-dealkylation sites (N-methyl/N-ethyl adjacent to an activating group) is 1. The van der Waals surface area contributed by atoms with Gasteiger partial charge in [0.15, 0.2) is 0 Å². The van der Waals surface area contributed by atoms with E-state index in [1.807, 2.05) is 6.92 Å². The number of piperidine rings is 1. The minimum absolute atomic E-state index is 0. The topological polar surface area (TPSA) is 77.8 Å². The Bertz CT molecular complexity index is 576. The molecule has 0 aromatic heterocycles. The molecule has 0 saturated carbocycles. The molecule has 1 atom stereocenters. The van der Waals surface area contributed by atoms with E-state index in [0.717, 1.165) is 4.90 Å². The van der Waals surface area contributed by atoms with E-state index >= 15 is 0 Å². The summed E-state index contributed by atoms with van der Waals surface area (Å²) in [6, 6.07) is 6.94. The van der Waals surface area contributed by atoms with Crippen molar-refractivity contribution in [2.45, 2.75) is 25.8 Å². The smallest absolute Gasteiger partial charge is 0.684 e. The van der Waals surface area contributed by atoms with Crippen LogP contribution in [-0.2, 0) is 30.7 Å². The molecule has 1 saturated heterocycles. The van der Waals surface area contributed by atoms with Crippen LogP contribution in [0, 0.1) is 6.07 Å². The van der Waals surface area contributed by atoms with Gasteiger partial charge in [-0.05, 0) is 25.3 Å². The number of hydrogen-bond donors (Lipinski definition) is 0. The van der Waals surface area contributed by atoms with Crippen molar-refractivity contribution in [1.29, 1.82) is 0 Å². The maximum absolute atomic E-state index is 12.1. The molecule has 1 aliphatic heterocycles. The molecule has 1 aromatic rings. The second kappa shape index (κ2) is 8.08. The molecule has 2 rings (SSSR count). The molecule has 7 heteroatoms. The molecule has 1 fully saturated rings. The Labute approximate surface area is 143 Å². The Morgan fingerprint density at radius 3 is 2.86 bits per heavy atom. The van der Waals surface area contributed by atoms with Gasteiger partial charge in [-0.3, -0.25) is 14.5 Å². The molecular formula is C15H16N2O4W. The number of benzene rings is 1. The molecule has 22 heavy (non-hydrogen) atoms. The van der Waals surface area contributed by atoms with Crippen LogP contribution in [0.2, 0.25) is 0 Å². The van der Waals surface area contributed by atoms with E-state index in [1.165, 1.54) is 7.05 Å². The number of amides is 3. The van der Waals surface area contributed by atoms with E-state index in [2.05, 4.69) is 11.4 Å². The summed E-state index contributed by atoms with van der Waals surface area (Å²) in [4.78, 5) is 36.4. The third kappa shape index (κ3) is 4.17. The fraction of sp³-hybridized carbons (Fsp3) is 0.400. The molecule has 3 amide bonds. The van der Waals surface area contributed by atoms with Crippen molar-refractivity contribution < 1.29 is 40.2 Å². The summed E-state index contributed by atoms with van der Waals surface area (Å²) in [5, 5.41) is 3.90. The third-order valence-corrected chi connectivity index (χ3v) is 3.19. The fourth-order valence-corrected chi connectivity index (χ4v) is 2.04. The second-order valence-corrected chi connectivity index (χ2v) is 4.64. The Morgan fingerprint density at radius 1 is 1.45 bits per heavy atom. The van der Waals surface area contributed by atoms with Crippen LogP contribution in [0.3, 0.4) is 0 Å². The van der Waals surface area contributed by atoms with Crippen molar-refractivity contribution >= 4 is 17.7 Å². The van der Waals surface area contributed by atoms with Gasteiger partial charge in [-0.1, -0.05) is 6.07 Å². The van der Waals surface area contributed by atoms with Crippen LogP contribution in [-0.4, -0.2) is 42.3 Å². The Balaban J connectivity index is 0.00000242. The Morgan fingerprint density at radius 2 is 2.18 bits per heavy atom. The molecule has 116 valence electrons. The molecule has 0 N–H and O–H groups in total. The van der Waals surface area contributed by atoms with E-state index in [1.54, 1.807) is 18.2 Å². The van der Waals surface area contributed by atoms with E-state index in [9.17, 15) is 14.4 Å². The van der Waals surface area contributed by atoms with E-state index in [-0.39, 0.29) is 45.4 Å². The first kappa shape index (κ1) is 18.4. The first-order valence-electron chi connectivity index (χ1n) is 6.73. The molecular weight excluding hydrogens is 456 g/mol. The Kier molecular flexibility index (Phi) is 6.75. The molecule has 1 heterocycles. The van der Waals surface area contributed by atoms with E-state index in [4.69, 9.17) is 4.74 Å². The maximum atomic E-state index is 12.1. The molecule has 0 aliphatic carbocycles. The number of ether oxygens (including phenoxy) is 1. The van der Waals surface area contributed by atoms with Gasteiger partial charge in [0, 0.05) is 19.2 Å². The maximum Gasteiger partial charge on any atom is 2.00 e.